The highest BCUT2D eigenvalue weighted by atomic mass is 16.2. The highest BCUT2D eigenvalue weighted by Crippen LogP contribution is 2.12. The quantitative estimate of drug-likeness (QED) is 0.423. The van der Waals surface area contributed by atoms with Crippen LogP contribution in [0, 0.1) is 0 Å². The van der Waals surface area contributed by atoms with Crippen molar-refractivity contribution in [3.8, 4) is 0 Å². The zero-order valence-corrected chi connectivity index (χ0v) is 10.1. The van der Waals surface area contributed by atoms with Crippen LogP contribution in [0.3, 0.4) is 0 Å². The van der Waals surface area contributed by atoms with Gasteiger partial charge in [0, 0.05) is 19.5 Å². The van der Waals surface area contributed by atoms with Gasteiger partial charge in [-0.1, -0.05) is 51.9 Å². The minimum Gasteiger partial charge on any atom is -0.342 e. The van der Waals surface area contributed by atoms with Gasteiger partial charge in [0.15, 0.2) is 0 Å². The van der Waals surface area contributed by atoms with Crippen LogP contribution in [0.25, 0.3) is 0 Å². The van der Waals surface area contributed by atoms with Gasteiger partial charge in [-0.2, -0.15) is 0 Å². The van der Waals surface area contributed by atoms with Crippen LogP contribution in [-0.2, 0) is 4.79 Å². The zero-order chi connectivity index (χ0) is 10.9. The predicted molar refractivity (Wildman–Crippen MR) is 63.8 cm³/mol. The maximum absolute atomic E-state index is 11.0. The van der Waals surface area contributed by atoms with Gasteiger partial charge in [-0.05, 0) is 6.42 Å². The van der Waals surface area contributed by atoms with E-state index in [-0.39, 0.29) is 0 Å². The second-order valence-electron chi connectivity index (χ2n) is 4.61. The highest BCUT2D eigenvalue weighted by molar-refractivity contribution is 5.81. The first-order valence-electron chi connectivity index (χ1n) is 6.62. The monoisotopic (exact) mass is 211 g/mol. The minimum atomic E-state index is 0.359. The zero-order valence-electron chi connectivity index (χ0n) is 10.1. The molecule has 1 rings (SSSR count). The second kappa shape index (κ2) is 7.72. The molecule has 15 heavy (non-hydrogen) atoms. The van der Waals surface area contributed by atoms with Crippen LogP contribution in [0.5, 0.6) is 0 Å². The fourth-order valence-electron chi connectivity index (χ4n) is 2.03. The van der Waals surface area contributed by atoms with Gasteiger partial charge >= 0.3 is 0 Å². The molecule has 2 nitrogen and oxygen atoms in total. The molecule has 1 fully saturated rings. The molecule has 2 heteroatoms. The predicted octanol–water partition coefficient (Wildman–Crippen LogP) is 3.36. The lowest BCUT2D eigenvalue weighted by atomic mass is 10.1. The molecular formula is C13H25NO. The first kappa shape index (κ1) is 12.5. The molecule has 1 aliphatic rings. The fraction of sp³-hybridized carbons (Fsp3) is 0.923. The van der Waals surface area contributed by atoms with Crippen LogP contribution in [0.15, 0.2) is 0 Å². The Balaban J connectivity index is 1.75. The Labute approximate surface area is 94.0 Å². The first-order chi connectivity index (χ1) is 7.34. The number of rotatable bonds is 9. The summed E-state index contributed by atoms with van der Waals surface area (Å²) in [6, 6.07) is 0. The van der Waals surface area contributed by atoms with Gasteiger partial charge in [0.1, 0.15) is 0 Å². The van der Waals surface area contributed by atoms with Crippen molar-refractivity contribution in [2.24, 2.45) is 0 Å². The molecular weight excluding hydrogens is 186 g/mol. The van der Waals surface area contributed by atoms with Crippen molar-refractivity contribution in [1.82, 2.24) is 4.90 Å². The van der Waals surface area contributed by atoms with Crippen molar-refractivity contribution in [1.29, 1.82) is 0 Å². The fourth-order valence-corrected chi connectivity index (χ4v) is 2.03. The summed E-state index contributed by atoms with van der Waals surface area (Å²) in [5.74, 6) is 0.359. The van der Waals surface area contributed by atoms with Gasteiger partial charge in [0.2, 0.25) is 5.91 Å². The molecule has 1 amide bonds. The summed E-state index contributed by atoms with van der Waals surface area (Å²) in [7, 11) is 0. The minimum absolute atomic E-state index is 0.359. The molecule has 0 saturated carbocycles. The number of carbonyl (C=O) groups excluding carboxylic acids is 1. The highest BCUT2D eigenvalue weighted by Gasteiger charge is 2.22. The van der Waals surface area contributed by atoms with Crippen molar-refractivity contribution < 1.29 is 4.79 Å². The number of amides is 1. The third-order valence-electron chi connectivity index (χ3n) is 3.23. The average molecular weight is 211 g/mol. The summed E-state index contributed by atoms with van der Waals surface area (Å²) in [4.78, 5) is 13.0. The van der Waals surface area contributed by atoms with Gasteiger partial charge in [0.25, 0.3) is 0 Å². The van der Waals surface area contributed by atoms with Crippen molar-refractivity contribution in [2.45, 2.75) is 64.7 Å². The average Bonchev–Trinajstić information content (AvgIpc) is 2.25. The summed E-state index contributed by atoms with van der Waals surface area (Å²) in [5, 5.41) is 0. The molecule has 0 unspecified atom stereocenters. The number of likely N-dealkylation sites (tertiary alicyclic amines) is 1. The number of hydrogen-bond acceptors (Lipinski definition) is 1. The Hall–Kier alpha value is -0.530. The Morgan fingerprint density at radius 3 is 2.07 bits per heavy atom. The Morgan fingerprint density at radius 1 is 1.00 bits per heavy atom. The molecule has 0 aromatic carbocycles. The van der Waals surface area contributed by atoms with Crippen LogP contribution in [0.1, 0.15) is 64.7 Å². The third kappa shape index (κ3) is 5.19. The van der Waals surface area contributed by atoms with E-state index in [4.69, 9.17) is 0 Å². The van der Waals surface area contributed by atoms with E-state index in [0.29, 0.717) is 5.91 Å². The molecule has 0 atom stereocenters. The number of β-lactam (4-membered cyclic amide) rings is 1. The van der Waals surface area contributed by atoms with Crippen LogP contribution >= 0.6 is 0 Å². The van der Waals surface area contributed by atoms with Crippen molar-refractivity contribution in [3.05, 3.63) is 0 Å². The molecule has 1 aliphatic heterocycles. The molecule has 1 heterocycles. The maximum Gasteiger partial charge on any atom is 0.224 e. The van der Waals surface area contributed by atoms with E-state index in [0.717, 1.165) is 19.5 Å². The van der Waals surface area contributed by atoms with E-state index in [1.165, 1.54) is 51.4 Å². The molecule has 0 bridgehead atoms. The van der Waals surface area contributed by atoms with Crippen molar-refractivity contribution in [3.63, 3.8) is 0 Å². The number of carbonyl (C=O) groups is 1. The van der Waals surface area contributed by atoms with E-state index < -0.39 is 0 Å². The smallest absolute Gasteiger partial charge is 0.224 e. The van der Waals surface area contributed by atoms with Gasteiger partial charge in [-0.3, -0.25) is 4.79 Å². The van der Waals surface area contributed by atoms with Crippen LogP contribution in [0.4, 0.5) is 0 Å². The van der Waals surface area contributed by atoms with Gasteiger partial charge in [-0.25, -0.2) is 0 Å². The molecule has 0 aromatic heterocycles. The van der Waals surface area contributed by atoms with Crippen LogP contribution in [0.2, 0.25) is 0 Å². The van der Waals surface area contributed by atoms with Gasteiger partial charge in [0.05, 0.1) is 0 Å². The lowest BCUT2D eigenvalue weighted by molar-refractivity contribution is -0.139. The molecule has 0 N–H and O–H groups in total. The Bertz CT molecular complexity index is 179. The van der Waals surface area contributed by atoms with Gasteiger partial charge < -0.3 is 4.90 Å². The van der Waals surface area contributed by atoms with E-state index in [2.05, 4.69) is 6.92 Å². The standard InChI is InChI=1S/C13H25NO/c1-2-3-4-5-6-7-8-9-11-14-12-10-13(14)15/h2-12H2,1H3. The first-order valence-corrected chi connectivity index (χ1v) is 6.62. The molecule has 88 valence electrons. The van der Waals surface area contributed by atoms with Gasteiger partial charge in [-0.15, -0.1) is 0 Å². The van der Waals surface area contributed by atoms with Crippen molar-refractivity contribution >= 4 is 5.91 Å². The normalized spacial score (nSPS) is 15.5. The van der Waals surface area contributed by atoms with E-state index >= 15 is 0 Å². The third-order valence-corrected chi connectivity index (χ3v) is 3.23. The summed E-state index contributed by atoms with van der Waals surface area (Å²) in [6.45, 7) is 4.27. The molecule has 0 spiro atoms. The maximum atomic E-state index is 11.0. The number of hydrogen-bond donors (Lipinski definition) is 0. The summed E-state index contributed by atoms with van der Waals surface area (Å²) in [5.41, 5.74) is 0. The van der Waals surface area contributed by atoms with E-state index in [1.54, 1.807) is 0 Å². The lowest BCUT2D eigenvalue weighted by Gasteiger charge is -2.30. The Morgan fingerprint density at radius 2 is 1.60 bits per heavy atom. The lowest BCUT2D eigenvalue weighted by Crippen LogP contribution is -2.43. The van der Waals surface area contributed by atoms with Crippen LogP contribution < -0.4 is 0 Å². The molecule has 0 aliphatic carbocycles. The summed E-state index contributed by atoms with van der Waals surface area (Å²) < 4.78 is 0. The Kier molecular flexibility index (Phi) is 6.45. The largest absolute Gasteiger partial charge is 0.342 e. The van der Waals surface area contributed by atoms with Crippen LogP contribution in [-0.4, -0.2) is 23.9 Å². The molecule has 1 saturated heterocycles. The second-order valence-corrected chi connectivity index (χ2v) is 4.61. The summed E-state index contributed by atoms with van der Waals surface area (Å²) in [6.07, 6.45) is 11.6. The molecule has 0 radical (unpaired) electrons. The topological polar surface area (TPSA) is 20.3 Å². The van der Waals surface area contributed by atoms with E-state index in [1.807, 2.05) is 4.90 Å². The van der Waals surface area contributed by atoms with E-state index in [9.17, 15) is 4.79 Å². The van der Waals surface area contributed by atoms with Crippen molar-refractivity contribution in [2.75, 3.05) is 13.1 Å². The number of nitrogens with zero attached hydrogens (tertiary/aromatic N) is 1. The summed E-state index contributed by atoms with van der Waals surface area (Å²) >= 11 is 0. The SMILES string of the molecule is CCCCCCCCCCN1CCC1=O. The number of unbranched alkanes of at least 4 members (excludes halogenated alkanes) is 7. The molecule has 0 aromatic rings.